The van der Waals surface area contributed by atoms with Crippen LogP contribution in [-0.2, 0) is 19.5 Å². The molecule has 0 saturated heterocycles. The minimum atomic E-state index is -0.251. The molecule has 1 aromatic heterocycles. The van der Waals surface area contributed by atoms with Crippen LogP contribution in [0.1, 0.15) is 37.4 Å². The quantitative estimate of drug-likeness (QED) is 0.592. The molecule has 4 rings (SSSR count). The van der Waals surface area contributed by atoms with Crippen LogP contribution in [0.2, 0.25) is 0 Å². The highest BCUT2D eigenvalue weighted by Gasteiger charge is 2.31. The van der Waals surface area contributed by atoms with Crippen molar-refractivity contribution >= 4 is 11.8 Å². The first kappa shape index (κ1) is 21.4. The van der Waals surface area contributed by atoms with Crippen LogP contribution in [-0.4, -0.2) is 42.5 Å². The van der Waals surface area contributed by atoms with E-state index in [9.17, 15) is 9.59 Å². The summed E-state index contributed by atoms with van der Waals surface area (Å²) in [5, 5.41) is 2.94. The van der Waals surface area contributed by atoms with Gasteiger partial charge in [-0.1, -0.05) is 24.3 Å². The van der Waals surface area contributed by atoms with Gasteiger partial charge in [0.1, 0.15) is 0 Å². The Hall–Kier alpha value is -3.87. The highest BCUT2D eigenvalue weighted by Crippen LogP contribution is 2.28. The molecule has 1 aliphatic rings. The third-order valence-corrected chi connectivity index (χ3v) is 5.50. The van der Waals surface area contributed by atoms with E-state index < -0.39 is 0 Å². The minimum Gasteiger partial charge on any atom is -0.493 e. The number of hydrogen-bond acceptors (Lipinski definition) is 5. The lowest BCUT2D eigenvalue weighted by molar-refractivity contribution is 0.0761. The molecular formula is C25H25N3O4. The predicted molar refractivity (Wildman–Crippen MR) is 120 cm³/mol. The smallest absolute Gasteiger partial charge is 0.255 e. The first-order valence-electron chi connectivity index (χ1n) is 10.4. The van der Waals surface area contributed by atoms with E-state index in [0.717, 1.165) is 16.7 Å². The van der Waals surface area contributed by atoms with Crippen molar-refractivity contribution in [1.82, 2.24) is 15.2 Å². The topological polar surface area (TPSA) is 80.8 Å². The second kappa shape index (κ2) is 9.51. The molecule has 2 aromatic carbocycles. The Morgan fingerprint density at radius 2 is 1.91 bits per heavy atom. The van der Waals surface area contributed by atoms with Crippen LogP contribution in [0.4, 0.5) is 0 Å². The Balaban J connectivity index is 1.42. The van der Waals surface area contributed by atoms with E-state index in [1.54, 1.807) is 37.6 Å². The van der Waals surface area contributed by atoms with E-state index in [4.69, 9.17) is 9.47 Å². The van der Waals surface area contributed by atoms with Crippen LogP contribution in [0.25, 0.3) is 0 Å². The van der Waals surface area contributed by atoms with Gasteiger partial charge in [-0.3, -0.25) is 14.6 Å². The number of fused-ring (bicyclic) bond motifs is 1. The normalized spacial score (nSPS) is 12.4. The van der Waals surface area contributed by atoms with Crippen LogP contribution in [0, 0.1) is 0 Å². The maximum atomic E-state index is 13.1. The van der Waals surface area contributed by atoms with Crippen LogP contribution in [0.5, 0.6) is 11.5 Å². The van der Waals surface area contributed by atoms with E-state index >= 15 is 0 Å². The molecular weight excluding hydrogens is 406 g/mol. The Kier molecular flexibility index (Phi) is 6.35. The highest BCUT2D eigenvalue weighted by atomic mass is 16.5. The molecule has 0 spiro atoms. The van der Waals surface area contributed by atoms with Gasteiger partial charge in [-0.05, 0) is 47.4 Å². The lowest BCUT2D eigenvalue weighted by atomic mass is 10.0. The second-order valence-corrected chi connectivity index (χ2v) is 7.56. The van der Waals surface area contributed by atoms with Gasteiger partial charge in [-0.2, -0.15) is 0 Å². The Morgan fingerprint density at radius 1 is 1.06 bits per heavy atom. The van der Waals surface area contributed by atoms with Gasteiger partial charge in [0.25, 0.3) is 11.8 Å². The predicted octanol–water partition coefficient (Wildman–Crippen LogP) is 3.23. The molecule has 7 heteroatoms. The van der Waals surface area contributed by atoms with E-state index in [2.05, 4.69) is 10.3 Å². The van der Waals surface area contributed by atoms with E-state index in [1.807, 2.05) is 42.5 Å². The molecule has 0 fully saturated rings. The molecule has 3 aromatic rings. The number of methoxy groups -OCH3 is 2. The summed E-state index contributed by atoms with van der Waals surface area (Å²) in [5.74, 6) is 0.930. The third kappa shape index (κ3) is 4.42. The standard InChI is InChI=1S/C25H25N3O4/c1-31-21-9-8-17(13-22(21)32-2)10-12-27-24(29)20-7-3-6-19-16-28(25(30)23(19)20)15-18-5-4-11-26-14-18/h3-9,11,13-14H,10,12,15-16H2,1-2H3,(H,27,29). The molecule has 0 radical (unpaired) electrons. The van der Waals surface area contributed by atoms with Gasteiger partial charge in [0, 0.05) is 32.0 Å². The minimum absolute atomic E-state index is 0.130. The summed E-state index contributed by atoms with van der Waals surface area (Å²) in [5.41, 5.74) is 3.73. The molecule has 32 heavy (non-hydrogen) atoms. The first-order chi connectivity index (χ1) is 15.6. The Morgan fingerprint density at radius 3 is 2.66 bits per heavy atom. The fraction of sp³-hybridized carbons (Fsp3) is 0.240. The van der Waals surface area contributed by atoms with Crippen LogP contribution in [0.3, 0.4) is 0 Å². The van der Waals surface area contributed by atoms with Crippen molar-refractivity contribution in [3.63, 3.8) is 0 Å². The zero-order valence-corrected chi connectivity index (χ0v) is 18.1. The van der Waals surface area contributed by atoms with Gasteiger partial charge in [0.2, 0.25) is 0 Å². The summed E-state index contributed by atoms with van der Waals surface area (Å²) in [6, 6.07) is 14.9. The van der Waals surface area contributed by atoms with Crippen molar-refractivity contribution in [1.29, 1.82) is 0 Å². The molecule has 0 saturated carbocycles. The van der Waals surface area contributed by atoms with Crippen molar-refractivity contribution in [3.8, 4) is 11.5 Å². The summed E-state index contributed by atoms with van der Waals surface area (Å²) < 4.78 is 10.6. The van der Waals surface area contributed by atoms with Gasteiger partial charge in [0.15, 0.2) is 11.5 Å². The summed E-state index contributed by atoms with van der Waals surface area (Å²) in [6.07, 6.45) is 4.08. The maximum Gasteiger partial charge on any atom is 0.255 e. The lowest BCUT2D eigenvalue weighted by Crippen LogP contribution is -2.29. The van der Waals surface area contributed by atoms with Crippen molar-refractivity contribution in [2.75, 3.05) is 20.8 Å². The number of rotatable bonds is 8. The van der Waals surface area contributed by atoms with Crippen molar-refractivity contribution in [2.24, 2.45) is 0 Å². The number of pyridine rings is 1. The molecule has 0 aliphatic carbocycles. The monoisotopic (exact) mass is 431 g/mol. The average molecular weight is 431 g/mol. The van der Waals surface area contributed by atoms with Crippen molar-refractivity contribution < 1.29 is 19.1 Å². The fourth-order valence-electron chi connectivity index (χ4n) is 3.90. The molecule has 1 N–H and O–H groups in total. The van der Waals surface area contributed by atoms with Crippen molar-refractivity contribution in [2.45, 2.75) is 19.5 Å². The number of carbonyl (C=O) groups excluding carboxylic acids is 2. The van der Waals surface area contributed by atoms with Gasteiger partial charge in [-0.15, -0.1) is 0 Å². The number of nitrogens with zero attached hydrogens (tertiary/aromatic N) is 2. The molecule has 0 atom stereocenters. The number of carbonyl (C=O) groups is 2. The summed E-state index contributed by atoms with van der Waals surface area (Å²) in [7, 11) is 3.18. The average Bonchev–Trinajstić information content (AvgIpc) is 3.14. The number of benzene rings is 2. The number of aromatic nitrogens is 1. The summed E-state index contributed by atoms with van der Waals surface area (Å²) >= 11 is 0. The van der Waals surface area contributed by atoms with Crippen molar-refractivity contribution in [3.05, 3.63) is 88.7 Å². The summed E-state index contributed by atoms with van der Waals surface area (Å²) in [6.45, 7) is 1.38. The molecule has 2 amide bonds. The molecule has 2 heterocycles. The first-order valence-corrected chi connectivity index (χ1v) is 10.4. The fourth-order valence-corrected chi connectivity index (χ4v) is 3.90. The van der Waals surface area contributed by atoms with Gasteiger partial charge in [-0.25, -0.2) is 0 Å². The molecule has 1 aliphatic heterocycles. The number of ether oxygens (including phenoxy) is 2. The largest absolute Gasteiger partial charge is 0.493 e. The van der Waals surface area contributed by atoms with E-state index in [1.165, 1.54) is 0 Å². The zero-order chi connectivity index (χ0) is 22.5. The molecule has 0 unspecified atom stereocenters. The van der Waals surface area contributed by atoms with E-state index in [-0.39, 0.29) is 11.8 Å². The second-order valence-electron chi connectivity index (χ2n) is 7.56. The van der Waals surface area contributed by atoms with E-state index in [0.29, 0.717) is 48.7 Å². The number of nitrogens with one attached hydrogen (secondary N) is 1. The molecule has 164 valence electrons. The maximum absolute atomic E-state index is 13.1. The zero-order valence-electron chi connectivity index (χ0n) is 18.1. The highest BCUT2D eigenvalue weighted by molar-refractivity contribution is 6.09. The Bertz CT molecular complexity index is 1130. The van der Waals surface area contributed by atoms with Gasteiger partial charge < -0.3 is 19.7 Å². The molecule has 0 bridgehead atoms. The van der Waals surface area contributed by atoms with Crippen LogP contribution in [0.15, 0.2) is 60.9 Å². The number of hydrogen-bond donors (Lipinski definition) is 1. The van der Waals surface area contributed by atoms with Gasteiger partial charge >= 0.3 is 0 Å². The Labute approximate surface area is 187 Å². The number of amides is 2. The lowest BCUT2D eigenvalue weighted by Gasteiger charge is -2.15. The SMILES string of the molecule is COc1ccc(CCNC(=O)c2cccc3c2C(=O)N(Cc2cccnc2)C3)cc1OC. The summed E-state index contributed by atoms with van der Waals surface area (Å²) in [4.78, 5) is 31.8. The molecule has 7 nitrogen and oxygen atoms in total. The van der Waals surface area contributed by atoms with Crippen LogP contribution >= 0.6 is 0 Å². The van der Waals surface area contributed by atoms with Crippen LogP contribution < -0.4 is 14.8 Å². The third-order valence-electron chi connectivity index (χ3n) is 5.50. The van der Waals surface area contributed by atoms with Gasteiger partial charge in [0.05, 0.1) is 25.3 Å².